The number of aromatic carboxylic acids is 1. The van der Waals surface area contributed by atoms with Crippen LogP contribution in [0.3, 0.4) is 0 Å². The first-order chi connectivity index (χ1) is 9.63. The second-order valence-corrected chi connectivity index (χ2v) is 4.29. The van der Waals surface area contributed by atoms with Crippen molar-refractivity contribution in [1.29, 1.82) is 0 Å². The van der Waals surface area contributed by atoms with E-state index in [0.717, 1.165) is 0 Å². The van der Waals surface area contributed by atoms with Crippen LogP contribution in [-0.4, -0.2) is 23.2 Å². The number of benzene rings is 1. The molecule has 0 aliphatic heterocycles. The lowest BCUT2D eigenvalue weighted by Gasteiger charge is -2.12. The Balaban J connectivity index is 2.25. The van der Waals surface area contributed by atoms with E-state index in [1.54, 1.807) is 30.5 Å². The molecular weight excluding hydrogens is 282 g/mol. The van der Waals surface area contributed by atoms with Crippen LogP contribution in [0, 0.1) is 0 Å². The molecule has 1 aromatic heterocycles. The van der Waals surface area contributed by atoms with Crippen LogP contribution in [0.15, 0.2) is 36.5 Å². The topological polar surface area (TPSA) is 68.7 Å². The van der Waals surface area contributed by atoms with Gasteiger partial charge in [0.05, 0.1) is 17.7 Å². The first kappa shape index (κ1) is 14.1. The zero-order chi connectivity index (χ0) is 14.5. The summed E-state index contributed by atoms with van der Waals surface area (Å²) in [5.74, 6) is -0.537. The lowest BCUT2D eigenvalue weighted by molar-refractivity contribution is 0.0691. The summed E-state index contributed by atoms with van der Waals surface area (Å²) in [6, 6.07) is 8.09. The first-order valence-corrected chi connectivity index (χ1v) is 6.13. The van der Waals surface area contributed by atoms with Crippen LogP contribution >= 0.6 is 11.6 Å². The van der Waals surface area contributed by atoms with Crippen molar-refractivity contribution >= 4 is 17.6 Å². The standard InChI is InChI=1S/C14H12ClNO4/c1-19-13-9(4-3-7-16-13)8-20-12-10(14(17)18)5-2-6-11(12)15/h2-7H,8H2,1H3,(H,17,18). The van der Waals surface area contributed by atoms with Crippen LogP contribution in [0.4, 0.5) is 0 Å². The average molecular weight is 294 g/mol. The summed E-state index contributed by atoms with van der Waals surface area (Å²) >= 11 is 5.98. The van der Waals surface area contributed by atoms with Gasteiger partial charge in [0.25, 0.3) is 0 Å². The number of nitrogens with zero attached hydrogens (tertiary/aromatic N) is 1. The normalized spacial score (nSPS) is 10.1. The average Bonchev–Trinajstić information content (AvgIpc) is 2.46. The van der Waals surface area contributed by atoms with Crippen molar-refractivity contribution in [3.63, 3.8) is 0 Å². The molecule has 0 saturated carbocycles. The molecule has 5 nitrogen and oxygen atoms in total. The van der Waals surface area contributed by atoms with Gasteiger partial charge in [-0.15, -0.1) is 0 Å². The first-order valence-electron chi connectivity index (χ1n) is 5.76. The SMILES string of the molecule is COc1ncccc1COc1c(Cl)cccc1C(=O)O. The second kappa shape index (κ2) is 6.25. The van der Waals surface area contributed by atoms with E-state index in [1.165, 1.54) is 13.2 Å². The number of carbonyl (C=O) groups is 1. The molecule has 0 fully saturated rings. The number of pyridine rings is 1. The molecule has 0 saturated heterocycles. The number of methoxy groups -OCH3 is 1. The van der Waals surface area contributed by atoms with E-state index in [1.807, 2.05) is 0 Å². The number of ether oxygens (including phenoxy) is 2. The second-order valence-electron chi connectivity index (χ2n) is 3.88. The van der Waals surface area contributed by atoms with Gasteiger partial charge in [-0.25, -0.2) is 9.78 Å². The minimum absolute atomic E-state index is 0.0142. The molecule has 0 radical (unpaired) electrons. The Hall–Kier alpha value is -2.27. The molecular formula is C14H12ClNO4. The summed E-state index contributed by atoms with van der Waals surface area (Å²) in [5.41, 5.74) is 0.714. The van der Waals surface area contributed by atoms with Crippen molar-refractivity contribution < 1.29 is 19.4 Å². The molecule has 0 aliphatic rings. The molecule has 2 rings (SSSR count). The molecule has 2 aromatic rings. The van der Waals surface area contributed by atoms with E-state index in [2.05, 4.69) is 4.98 Å². The lowest BCUT2D eigenvalue weighted by Crippen LogP contribution is -2.05. The maximum Gasteiger partial charge on any atom is 0.339 e. The number of hydrogen-bond donors (Lipinski definition) is 1. The van der Waals surface area contributed by atoms with Crippen molar-refractivity contribution in [1.82, 2.24) is 4.98 Å². The number of carboxylic acid groups (broad SMARTS) is 1. The summed E-state index contributed by atoms with van der Waals surface area (Å²) in [6.07, 6.45) is 1.60. The molecule has 0 amide bonds. The van der Waals surface area contributed by atoms with Gasteiger partial charge in [0.1, 0.15) is 12.2 Å². The Morgan fingerprint density at radius 1 is 1.35 bits per heavy atom. The Morgan fingerprint density at radius 3 is 2.85 bits per heavy atom. The molecule has 0 aliphatic carbocycles. The smallest absolute Gasteiger partial charge is 0.339 e. The van der Waals surface area contributed by atoms with Crippen LogP contribution in [0.2, 0.25) is 5.02 Å². The largest absolute Gasteiger partial charge is 0.486 e. The highest BCUT2D eigenvalue weighted by Crippen LogP contribution is 2.30. The quantitative estimate of drug-likeness (QED) is 0.917. The fourth-order valence-corrected chi connectivity index (χ4v) is 1.92. The fourth-order valence-electron chi connectivity index (χ4n) is 1.69. The summed E-state index contributed by atoms with van der Waals surface area (Å²) < 4.78 is 10.6. The van der Waals surface area contributed by atoms with Crippen LogP contribution in [0.25, 0.3) is 0 Å². The van der Waals surface area contributed by atoms with Crippen LogP contribution in [0.5, 0.6) is 11.6 Å². The van der Waals surface area contributed by atoms with Crippen LogP contribution in [0.1, 0.15) is 15.9 Å². The van der Waals surface area contributed by atoms with Gasteiger partial charge in [0.2, 0.25) is 5.88 Å². The van der Waals surface area contributed by atoms with Gasteiger partial charge in [-0.2, -0.15) is 0 Å². The molecule has 0 unspecified atom stereocenters. The summed E-state index contributed by atoms with van der Waals surface area (Å²) in [5, 5.41) is 9.36. The minimum atomic E-state index is -1.10. The summed E-state index contributed by atoms with van der Waals surface area (Å²) in [4.78, 5) is 15.2. The Kier molecular flexibility index (Phi) is 4.42. The number of aromatic nitrogens is 1. The van der Waals surface area contributed by atoms with Crippen LogP contribution < -0.4 is 9.47 Å². The molecule has 6 heteroatoms. The summed E-state index contributed by atoms with van der Waals surface area (Å²) in [7, 11) is 1.50. The van der Waals surface area contributed by atoms with Gasteiger partial charge < -0.3 is 14.6 Å². The number of carboxylic acids is 1. The number of rotatable bonds is 5. The van der Waals surface area contributed by atoms with Crippen LogP contribution in [-0.2, 0) is 6.61 Å². The lowest BCUT2D eigenvalue weighted by atomic mass is 10.2. The van der Waals surface area contributed by atoms with E-state index in [4.69, 9.17) is 26.2 Å². The van der Waals surface area contributed by atoms with Crippen molar-refractivity contribution in [2.45, 2.75) is 6.61 Å². The third kappa shape index (κ3) is 3.00. The number of para-hydroxylation sites is 1. The van der Waals surface area contributed by atoms with Gasteiger partial charge in [-0.05, 0) is 24.3 Å². The van der Waals surface area contributed by atoms with Gasteiger partial charge in [0, 0.05) is 6.20 Å². The minimum Gasteiger partial charge on any atom is -0.486 e. The van der Waals surface area contributed by atoms with Gasteiger partial charge in [0.15, 0.2) is 5.75 Å². The van der Waals surface area contributed by atoms with Crippen molar-refractivity contribution in [3.8, 4) is 11.6 Å². The van der Waals surface area contributed by atoms with E-state index in [0.29, 0.717) is 11.4 Å². The number of hydrogen-bond acceptors (Lipinski definition) is 4. The molecule has 0 spiro atoms. The Bertz CT molecular complexity index is 630. The van der Waals surface area contributed by atoms with E-state index >= 15 is 0 Å². The van der Waals surface area contributed by atoms with Gasteiger partial charge >= 0.3 is 5.97 Å². The highest BCUT2D eigenvalue weighted by molar-refractivity contribution is 6.32. The molecule has 20 heavy (non-hydrogen) atoms. The number of halogens is 1. The highest BCUT2D eigenvalue weighted by atomic mass is 35.5. The van der Waals surface area contributed by atoms with Crippen molar-refractivity contribution in [2.75, 3.05) is 7.11 Å². The molecule has 0 bridgehead atoms. The molecule has 104 valence electrons. The third-order valence-electron chi connectivity index (χ3n) is 2.61. The molecule has 1 heterocycles. The third-order valence-corrected chi connectivity index (χ3v) is 2.91. The Morgan fingerprint density at radius 2 is 2.15 bits per heavy atom. The van der Waals surface area contributed by atoms with Crippen molar-refractivity contribution in [3.05, 3.63) is 52.7 Å². The van der Waals surface area contributed by atoms with Gasteiger partial charge in [-0.3, -0.25) is 0 Å². The Labute approximate surface area is 120 Å². The highest BCUT2D eigenvalue weighted by Gasteiger charge is 2.15. The molecule has 1 aromatic carbocycles. The van der Waals surface area contributed by atoms with E-state index in [-0.39, 0.29) is 22.9 Å². The molecule has 0 atom stereocenters. The predicted molar refractivity (Wildman–Crippen MR) is 73.5 cm³/mol. The van der Waals surface area contributed by atoms with Crippen molar-refractivity contribution in [2.24, 2.45) is 0 Å². The van der Waals surface area contributed by atoms with E-state index < -0.39 is 5.97 Å². The van der Waals surface area contributed by atoms with E-state index in [9.17, 15) is 4.79 Å². The zero-order valence-electron chi connectivity index (χ0n) is 10.7. The zero-order valence-corrected chi connectivity index (χ0v) is 11.4. The maximum absolute atomic E-state index is 11.1. The summed E-state index contributed by atoms with van der Waals surface area (Å²) in [6.45, 7) is 0.112. The fraction of sp³-hybridized carbons (Fsp3) is 0.143. The monoisotopic (exact) mass is 293 g/mol. The maximum atomic E-state index is 11.1. The van der Waals surface area contributed by atoms with Gasteiger partial charge in [-0.1, -0.05) is 17.7 Å². The predicted octanol–water partition coefficient (Wildman–Crippen LogP) is 3.02. The molecule has 1 N–H and O–H groups in total.